The highest BCUT2D eigenvalue weighted by molar-refractivity contribution is 6.04. The second kappa shape index (κ2) is 11.1. The number of para-hydroxylation sites is 1. The molecule has 164 valence electrons. The van der Waals surface area contributed by atoms with Gasteiger partial charge in [0.05, 0.1) is 24.4 Å². The highest BCUT2D eigenvalue weighted by atomic mass is 16.6. The van der Waals surface area contributed by atoms with Gasteiger partial charge in [-0.3, -0.25) is 14.5 Å². The maximum Gasteiger partial charge on any atom is 0.409 e. The van der Waals surface area contributed by atoms with Gasteiger partial charge in [-0.2, -0.15) is 0 Å². The van der Waals surface area contributed by atoms with Gasteiger partial charge in [0.25, 0.3) is 5.91 Å². The average Bonchev–Trinajstić information content (AvgIpc) is 2.79. The third-order valence-electron chi connectivity index (χ3n) is 5.01. The van der Waals surface area contributed by atoms with E-state index in [4.69, 9.17) is 4.74 Å². The number of anilines is 1. The van der Waals surface area contributed by atoms with E-state index in [-0.39, 0.29) is 24.5 Å². The molecule has 0 atom stereocenters. The van der Waals surface area contributed by atoms with Crippen LogP contribution in [0.1, 0.15) is 22.8 Å². The molecule has 2 N–H and O–H groups in total. The molecule has 8 heteroatoms. The summed E-state index contributed by atoms with van der Waals surface area (Å²) in [5.74, 6) is -0.448. The van der Waals surface area contributed by atoms with Crippen molar-refractivity contribution in [1.82, 2.24) is 15.1 Å². The number of carbonyl (C=O) groups is 3. The van der Waals surface area contributed by atoms with Crippen molar-refractivity contribution >= 4 is 23.6 Å². The largest absolute Gasteiger partial charge is 0.450 e. The van der Waals surface area contributed by atoms with Crippen molar-refractivity contribution in [2.75, 3.05) is 44.6 Å². The Morgan fingerprint density at radius 3 is 2.32 bits per heavy atom. The summed E-state index contributed by atoms with van der Waals surface area (Å²) in [6.45, 7) is 4.94. The van der Waals surface area contributed by atoms with E-state index in [0.29, 0.717) is 50.6 Å². The van der Waals surface area contributed by atoms with Crippen LogP contribution >= 0.6 is 0 Å². The Labute approximate surface area is 182 Å². The summed E-state index contributed by atoms with van der Waals surface area (Å²) >= 11 is 0. The quantitative estimate of drug-likeness (QED) is 0.712. The molecule has 1 heterocycles. The molecule has 1 saturated heterocycles. The number of nitrogens with one attached hydrogen (secondary N) is 2. The molecule has 2 aromatic rings. The van der Waals surface area contributed by atoms with Crippen molar-refractivity contribution in [3.05, 3.63) is 65.7 Å². The van der Waals surface area contributed by atoms with E-state index in [9.17, 15) is 14.4 Å². The number of carbonyl (C=O) groups excluding carboxylic acids is 3. The number of piperazine rings is 1. The third-order valence-corrected chi connectivity index (χ3v) is 5.01. The van der Waals surface area contributed by atoms with Crippen LogP contribution in [0.3, 0.4) is 0 Å². The average molecular weight is 425 g/mol. The number of amides is 3. The van der Waals surface area contributed by atoms with E-state index in [1.807, 2.05) is 35.2 Å². The first kappa shape index (κ1) is 22.3. The second-order valence-corrected chi connectivity index (χ2v) is 7.22. The molecule has 2 aromatic carbocycles. The first-order valence-corrected chi connectivity index (χ1v) is 10.4. The van der Waals surface area contributed by atoms with Crippen molar-refractivity contribution < 1.29 is 19.1 Å². The Morgan fingerprint density at radius 2 is 1.61 bits per heavy atom. The van der Waals surface area contributed by atoms with E-state index in [2.05, 4.69) is 10.6 Å². The number of nitrogens with zero attached hydrogens (tertiary/aromatic N) is 2. The van der Waals surface area contributed by atoms with E-state index >= 15 is 0 Å². The van der Waals surface area contributed by atoms with Gasteiger partial charge in [0.2, 0.25) is 5.91 Å². The number of hydrogen-bond donors (Lipinski definition) is 2. The van der Waals surface area contributed by atoms with Gasteiger partial charge in [0.15, 0.2) is 0 Å². The lowest BCUT2D eigenvalue weighted by molar-refractivity contribution is -0.117. The van der Waals surface area contributed by atoms with E-state index in [1.165, 1.54) is 0 Å². The van der Waals surface area contributed by atoms with Crippen LogP contribution in [0.15, 0.2) is 54.6 Å². The van der Waals surface area contributed by atoms with Crippen LogP contribution in [0, 0.1) is 0 Å². The molecule has 1 aliphatic rings. The molecule has 0 radical (unpaired) electrons. The Hall–Kier alpha value is -3.39. The third kappa shape index (κ3) is 6.55. The standard InChI is InChI=1S/C23H28N4O4/c1-2-31-23(30)27-14-12-26(13-15-27)17-21(28)25-20-11-7-6-10-19(20)22(29)24-16-18-8-4-3-5-9-18/h3-11H,2,12-17H2,1H3,(H,24,29)(H,25,28). The lowest BCUT2D eigenvalue weighted by Crippen LogP contribution is -2.50. The topological polar surface area (TPSA) is 91.0 Å². The van der Waals surface area contributed by atoms with Gasteiger partial charge in [-0.25, -0.2) is 4.79 Å². The van der Waals surface area contributed by atoms with Crippen LogP contribution in [0.25, 0.3) is 0 Å². The van der Waals surface area contributed by atoms with Crippen LogP contribution in [-0.4, -0.2) is 67.0 Å². The summed E-state index contributed by atoms with van der Waals surface area (Å²) in [6.07, 6.45) is -0.318. The van der Waals surface area contributed by atoms with Crippen LogP contribution in [0.4, 0.5) is 10.5 Å². The Kier molecular flexibility index (Phi) is 8.00. The van der Waals surface area contributed by atoms with Gasteiger partial charge >= 0.3 is 6.09 Å². The lowest BCUT2D eigenvalue weighted by atomic mass is 10.1. The molecule has 1 aliphatic heterocycles. The van der Waals surface area contributed by atoms with Crippen molar-refractivity contribution in [3.63, 3.8) is 0 Å². The fraction of sp³-hybridized carbons (Fsp3) is 0.348. The van der Waals surface area contributed by atoms with Gasteiger partial charge in [0.1, 0.15) is 0 Å². The minimum Gasteiger partial charge on any atom is -0.450 e. The molecule has 8 nitrogen and oxygen atoms in total. The molecule has 3 rings (SSSR count). The first-order valence-electron chi connectivity index (χ1n) is 10.4. The zero-order chi connectivity index (χ0) is 22.1. The molecule has 1 fully saturated rings. The molecule has 0 aliphatic carbocycles. The van der Waals surface area contributed by atoms with Gasteiger partial charge in [0, 0.05) is 32.7 Å². The first-order chi connectivity index (χ1) is 15.1. The summed E-state index contributed by atoms with van der Waals surface area (Å²) in [5.41, 5.74) is 1.89. The van der Waals surface area contributed by atoms with Crippen molar-refractivity contribution in [2.24, 2.45) is 0 Å². The lowest BCUT2D eigenvalue weighted by Gasteiger charge is -2.33. The molecular formula is C23H28N4O4. The van der Waals surface area contributed by atoms with E-state index in [1.54, 1.807) is 36.1 Å². The van der Waals surface area contributed by atoms with Crippen LogP contribution in [0.5, 0.6) is 0 Å². The molecule has 0 spiro atoms. The predicted molar refractivity (Wildman–Crippen MR) is 118 cm³/mol. The molecule has 0 saturated carbocycles. The van der Waals surface area contributed by atoms with Gasteiger partial charge in [-0.15, -0.1) is 0 Å². The van der Waals surface area contributed by atoms with Crippen molar-refractivity contribution in [3.8, 4) is 0 Å². The Morgan fingerprint density at radius 1 is 0.935 bits per heavy atom. The van der Waals surface area contributed by atoms with Crippen molar-refractivity contribution in [1.29, 1.82) is 0 Å². The number of hydrogen-bond acceptors (Lipinski definition) is 5. The second-order valence-electron chi connectivity index (χ2n) is 7.22. The molecule has 31 heavy (non-hydrogen) atoms. The summed E-state index contributed by atoms with van der Waals surface area (Å²) in [4.78, 5) is 40.6. The Bertz CT molecular complexity index is 895. The number of benzene rings is 2. The molecule has 3 amide bonds. The van der Waals surface area contributed by atoms with E-state index < -0.39 is 0 Å². The highest BCUT2D eigenvalue weighted by Crippen LogP contribution is 2.15. The monoisotopic (exact) mass is 424 g/mol. The molecule has 0 unspecified atom stereocenters. The fourth-order valence-corrected chi connectivity index (χ4v) is 3.36. The van der Waals surface area contributed by atoms with Crippen LogP contribution in [0.2, 0.25) is 0 Å². The summed E-state index contributed by atoms with van der Waals surface area (Å²) in [6, 6.07) is 16.6. The molecule has 0 aromatic heterocycles. The zero-order valence-electron chi connectivity index (χ0n) is 17.7. The maximum absolute atomic E-state index is 12.6. The minimum atomic E-state index is -0.318. The van der Waals surface area contributed by atoms with E-state index in [0.717, 1.165) is 5.56 Å². The zero-order valence-corrected chi connectivity index (χ0v) is 17.7. The molecular weight excluding hydrogens is 396 g/mol. The van der Waals surface area contributed by atoms with Gasteiger partial charge in [-0.05, 0) is 24.6 Å². The van der Waals surface area contributed by atoms with Crippen LogP contribution < -0.4 is 10.6 Å². The smallest absolute Gasteiger partial charge is 0.409 e. The highest BCUT2D eigenvalue weighted by Gasteiger charge is 2.23. The van der Waals surface area contributed by atoms with Gasteiger partial charge < -0.3 is 20.3 Å². The maximum atomic E-state index is 12.6. The fourth-order valence-electron chi connectivity index (χ4n) is 3.36. The van der Waals surface area contributed by atoms with Crippen LogP contribution in [-0.2, 0) is 16.1 Å². The molecule has 0 bridgehead atoms. The minimum absolute atomic E-state index is 0.191. The summed E-state index contributed by atoms with van der Waals surface area (Å²) < 4.78 is 5.01. The predicted octanol–water partition coefficient (Wildman–Crippen LogP) is 2.33. The van der Waals surface area contributed by atoms with Crippen molar-refractivity contribution in [2.45, 2.75) is 13.5 Å². The normalized spacial score (nSPS) is 14.0. The summed E-state index contributed by atoms with van der Waals surface area (Å²) in [7, 11) is 0. The number of rotatable bonds is 7. The SMILES string of the molecule is CCOC(=O)N1CCN(CC(=O)Nc2ccccc2C(=O)NCc2ccccc2)CC1. The number of ether oxygens (including phenoxy) is 1. The Balaban J connectivity index is 1.51. The summed E-state index contributed by atoms with van der Waals surface area (Å²) in [5, 5.41) is 5.73. The van der Waals surface area contributed by atoms with Gasteiger partial charge in [-0.1, -0.05) is 42.5 Å².